The van der Waals surface area contributed by atoms with Crippen LogP contribution >= 0.6 is 0 Å². The third kappa shape index (κ3) is 2.94. The van der Waals surface area contributed by atoms with Crippen molar-refractivity contribution < 1.29 is 9.90 Å². The van der Waals surface area contributed by atoms with Gasteiger partial charge in [0, 0.05) is 36.5 Å². The number of aryl methyl sites for hydroxylation is 2. The second-order valence-electron chi connectivity index (χ2n) is 4.14. The molecule has 18 heavy (non-hydrogen) atoms. The third-order valence-corrected chi connectivity index (χ3v) is 2.69. The lowest BCUT2D eigenvalue weighted by Crippen LogP contribution is -1.96. The fraction of sp³-hybridized carbons (Fsp3) is 0.308. The Kier molecular flexibility index (Phi) is 3.72. The van der Waals surface area contributed by atoms with Crippen molar-refractivity contribution in [3.05, 3.63) is 36.0 Å². The Bertz CT molecular complexity index is 534. The van der Waals surface area contributed by atoms with E-state index in [1.54, 1.807) is 12.4 Å². The smallest absolute Gasteiger partial charge is 0.303 e. The van der Waals surface area contributed by atoms with E-state index in [0.29, 0.717) is 12.8 Å². The Morgan fingerprint density at radius 2 is 2.11 bits per heavy atom. The summed E-state index contributed by atoms with van der Waals surface area (Å²) < 4.78 is 0. The van der Waals surface area contributed by atoms with Crippen molar-refractivity contribution in [3.8, 4) is 11.3 Å². The average Bonchev–Trinajstić information content (AvgIpc) is 2.71. The van der Waals surface area contributed by atoms with E-state index in [9.17, 15) is 4.79 Å². The van der Waals surface area contributed by atoms with E-state index in [2.05, 4.69) is 15.0 Å². The molecular formula is C13H15N3O2. The molecule has 2 N–H and O–H groups in total. The molecule has 0 radical (unpaired) electrons. The van der Waals surface area contributed by atoms with Gasteiger partial charge in [0.15, 0.2) is 0 Å². The van der Waals surface area contributed by atoms with Gasteiger partial charge in [0.25, 0.3) is 0 Å². The number of carboxylic acids is 1. The highest BCUT2D eigenvalue weighted by Gasteiger charge is 2.09. The summed E-state index contributed by atoms with van der Waals surface area (Å²) in [6, 6.07) is 3.81. The summed E-state index contributed by atoms with van der Waals surface area (Å²) in [5.41, 5.74) is 2.91. The molecule has 5 nitrogen and oxygen atoms in total. The maximum absolute atomic E-state index is 10.4. The molecule has 2 rings (SSSR count). The molecule has 0 atom stereocenters. The molecule has 0 bridgehead atoms. The van der Waals surface area contributed by atoms with Crippen LogP contribution in [-0.4, -0.2) is 26.0 Å². The average molecular weight is 245 g/mol. The second kappa shape index (κ2) is 5.44. The van der Waals surface area contributed by atoms with Crippen molar-refractivity contribution in [2.24, 2.45) is 0 Å². The molecule has 0 saturated carbocycles. The predicted molar refractivity (Wildman–Crippen MR) is 67.1 cm³/mol. The van der Waals surface area contributed by atoms with Crippen molar-refractivity contribution in [2.75, 3.05) is 0 Å². The van der Waals surface area contributed by atoms with E-state index in [4.69, 9.17) is 5.11 Å². The zero-order valence-corrected chi connectivity index (χ0v) is 10.2. The van der Waals surface area contributed by atoms with Gasteiger partial charge in [-0.15, -0.1) is 0 Å². The Morgan fingerprint density at radius 1 is 1.39 bits per heavy atom. The summed E-state index contributed by atoms with van der Waals surface area (Å²) >= 11 is 0. The van der Waals surface area contributed by atoms with E-state index in [1.807, 2.05) is 19.1 Å². The number of aromatic nitrogens is 3. The van der Waals surface area contributed by atoms with Crippen molar-refractivity contribution >= 4 is 5.97 Å². The lowest BCUT2D eigenvalue weighted by Gasteiger charge is -1.96. The van der Waals surface area contributed by atoms with Crippen LogP contribution in [0.4, 0.5) is 0 Å². The number of hydrogen-bond acceptors (Lipinski definition) is 3. The molecule has 2 aromatic rings. The normalized spacial score (nSPS) is 10.5. The van der Waals surface area contributed by atoms with E-state index in [-0.39, 0.29) is 6.42 Å². The number of aliphatic carboxylic acids is 1. The van der Waals surface area contributed by atoms with Gasteiger partial charge in [-0.05, 0) is 25.5 Å². The molecule has 0 unspecified atom stereocenters. The van der Waals surface area contributed by atoms with Gasteiger partial charge in [0.05, 0.1) is 5.69 Å². The number of nitrogens with one attached hydrogen (secondary N) is 1. The first-order valence-corrected chi connectivity index (χ1v) is 5.84. The number of rotatable bonds is 5. The van der Waals surface area contributed by atoms with Crippen molar-refractivity contribution in [1.29, 1.82) is 0 Å². The largest absolute Gasteiger partial charge is 0.481 e. The van der Waals surface area contributed by atoms with E-state index < -0.39 is 5.97 Å². The number of nitrogens with zero attached hydrogens (tertiary/aromatic N) is 2. The standard InChI is InChI=1S/C13H15N3O2/c1-9-13(10-5-7-14-8-6-10)16-11(15-9)3-2-4-12(17)18/h5-8H,2-4H2,1H3,(H,15,16)(H,17,18). The molecule has 0 aliphatic carbocycles. The van der Waals surface area contributed by atoms with Crippen LogP contribution in [0.25, 0.3) is 11.3 Å². The van der Waals surface area contributed by atoms with Crippen LogP contribution in [0.5, 0.6) is 0 Å². The number of hydrogen-bond donors (Lipinski definition) is 2. The lowest BCUT2D eigenvalue weighted by atomic mass is 10.2. The highest BCUT2D eigenvalue weighted by atomic mass is 16.4. The molecule has 0 aliphatic rings. The topological polar surface area (TPSA) is 78.9 Å². The quantitative estimate of drug-likeness (QED) is 0.846. The van der Waals surface area contributed by atoms with E-state index in [0.717, 1.165) is 22.8 Å². The number of pyridine rings is 1. The van der Waals surface area contributed by atoms with Gasteiger partial charge in [-0.1, -0.05) is 0 Å². The van der Waals surface area contributed by atoms with Gasteiger partial charge in [-0.2, -0.15) is 0 Å². The monoisotopic (exact) mass is 245 g/mol. The Labute approximate surface area is 105 Å². The second-order valence-corrected chi connectivity index (χ2v) is 4.14. The first-order chi connectivity index (χ1) is 8.66. The molecule has 2 heterocycles. The van der Waals surface area contributed by atoms with Crippen LogP contribution in [0.3, 0.4) is 0 Å². The van der Waals surface area contributed by atoms with Gasteiger partial charge in [0.2, 0.25) is 0 Å². The number of imidazole rings is 1. The molecule has 0 amide bonds. The first kappa shape index (κ1) is 12.3. The van der Waals surface area contributed by atoms with Crippen molar-refractivity contribution in [1.82, 2.24) is 15.0 Å². The van der Waals surface area contributed by atoms with Crippen molar-refractivity contribution in [3.63, 3.8) is 0 Å². The van der Waals surface area contributed by atoms with Gasteiger partial charge in [0.1, 0.15) is 5.82 Å². The number of carbonyl (C=O) groups is 1. The zero-order chi connectivity index (χ0) is 13.0. The summed E-state index contributed by atoms with van der Waals surface area (Å²) in [7, 11) is 0. The molecule has 5 heteroatoms. The zero-order valence-electron chi connectivity index (χ0n) is 10.2. The first-order valence-electron chi connectivity index (χ1n) is 5.84. The Balaban J connectivity index is 2.10. The fourth-order valence-electron chi connectivity index (χ4n) is 1.84. The minimum Gasteiger partial charge on any atom is -0.481 e. The SMILES string of the molecule is Cc1[nH]c(CCCC(=O)O)nc1-c1ccncc1. The molecule has 2 aromatic heterocycles. The van der Waals surface area contributed by atoms with E-state index in [1.165, 1.54) is 0 Å². The van der Waals surface area contributed by atoms with Crippen LogP contribution < -0.4 is 0 Å². The van der Waals surface area contributed by atoms with Crippen molar-refractivity contribution in [2.45, 2.75) is 26.2 Å². The van der Waals surface area contributed by atoms with E-state index >= 15 is 0 Å². The Hall–Kier alpha value is -2.17. The van der Waals surface area contributed by atoms with Gasteiger partial charge < -0.3 is 10.1 Å². The molecule has 0 spiro atoms. The van der Waals surface area contributed by atoms with Crippen LogP contribution in [0.15, 0.2) is 24.5 Å². The Morgan fingerprint density at radius 3 is 2.78 bits per heavy atom. The maximum Gasteiger partial charge on any atom is 0.303 e. The van der Waals surface area contributed by atoms with Crippen LogP contribution in [-0.2, 0) is 11.2 Å². The number of aromatic amines is 1. The number of H-pyrrole nitrogens is 1. The molecule has 0 saturated heterocycles. The molecule has 94 valence electrons. The minimum atomic E-state index is -0.771. The van der Waals surface area contributed by atoms with Crippen LogP contribution in [0.2, 0.25) is 0 Å². The lowest BCUT2D eigenvalue weighted by molar-refractivity contribution is -0.137. The van der Waals surface area contributed by atoms with Gasteiger partial charge >= 0.3 is 5.97 Å². The summed E-state index contributed by atoms with van der Waals surface area (Å²) in [5.74, 6) is 0.0631. The summed E-state index contributed by atoms with van der Waals surface area (Å²) in [4.78, 5) is 22.1. The van der Waals surface area contributed by atoms with Crippen LogP contribution in [0.1, 0.15) is 24.4 Å². The predicted octanol–water partition coefficient (Wildman–Crippen LogP) is 2.19. The molecule has 0 aromatic carbocycles. The highest BCUT2D eigenvalue weighted by Crippen LogP contribution is 2.20. The molecular weight excluding hydrogens is 230 g/mol. The van der Waals surface area contributed by atoms with Crippen LogP contribution in [0, 0.1) is 6.92 Å². The fourth-order valence-corrected chi connectivity index (χ4v) is 1.84. The van der Waals surface area contributed by atoms with Gasteiger partial charge in [-0.3, -0.25) is 9.78 Å². The van der Waals surface area contributed by atoms with Gasteiger partial charge in [-0.25, -0.2) is 4.98 Å². The number of carboxylic acid groups (broad SMARTS) is 1. The summed E-state index contributed by atoms with van der Waals surface area (Å²) in [5, 5.41) is 8.59. The third-order valence-electron chi connectivity index (χ3n) is 2.69. The summed E-state index contributed by atoms with van der Waals surface area (Å²) in [6.07, 6.45) is 4.88. The molecule has 0 fully saturated rings. The molecule has 0 aliphatic heterocycles. The summed E-state index contributed by atoms with van der Waals surface area (Å²) in [6.45, 7) is 1.96. The maximum atomic E-state index is 10.4. The highest BCUT2D eigenvalue weighted by molar-refractivity contribution is 5.66. The minimum absolute atomic E-state index is 0.171.